The smallest absolute Gasteiger partial charge is 0.257 e. The predicted octanol–water partition coefficient (Wildman–Crippen LogP) is 4.36. The van der Waals surface area contributed by atoms with E-state index in [9.17, 15) is 9.59 Å². The minimum absolute atomic E-state index is 0.0685. The third-order valence-corrected chi connectivity index (χ3v) is 7.13. The Kier molecular flexibility index (Phi) is 4.95. The highest BCUT2D eigenvalue weighted by atomic mass is 32.2. The molecule has 2 N–H and O–H groups in total. The van der Waals surface area contributed by atoms with Gasteiger partial charge in [0.05, 0.1) is 5.56 Å². The van der Waals surface area contributed by atoms with Crippen LogP contribution in [-0.2, 0) is 10.5 Å². The number of rotatable bonds is 4. The molecule has 2 aliphatic heterocycles. The molecule has 1 aliphatic carbocycles. The van der Waals surface area contributed by atoms with Crippen LogP contribution in [0.25, 0.3) is 0 Å². The Bertz CT molecular complexity index is 1350. The average Bonchev–Trinajstić information content (AvgIpc) is 3.30. The third-order valence-electron chi connectivity index (χ3n) is 6.18. The van der Waals surface area contributed by atoms with Crippen molar-refractivity contribution in [2.24, 2.45) is 0 Å². The van der Waals surface area contributed by atoms with Crippen LogP contribution < -0.4 is 20.3 Å². The Hall–Kier alpha value is -3.52. The number of anilines is 1. The highest BCUT2D eigenvalue weighted by molar-refractivity contribution is 7.98. The van der Waals surface area contributed by atoms with Crippen LogP contribution in [0.3, 0.4) is 0 Å². The molecular formula is C25H21N3O4S. The van der Waals surface area contributed by atoms with Crippen molar-refractivity contribution in [2.75, 3.05) is 12.1 Å². The largest absolute Gasteiger partial charge is 0.454 e. The predicted molar refractivity (Wildman–Crippen MR) is 125 cm³/mol. The van der Waals surface area contributed by atoms with Gasteiger partial charge in [0, 0.05) is 29.4 Å². The summed E-state index contributed by atoms with van der Waals surface area (Å²) >= 11 is 1.48. The van der Waals surface area contributed by atoms with Gasteiger partial charge in [-0.2, -0.15) is 0 Å². The molecule has 8 heteroatoms. The minimum atomic E-state index is -0.497. The van der Waals surface area contributed by atoms with E-state index in [1.165, 1.54) is 11.8 Å². The van der Waals surface area contributed by atoms with Gasteiger partial charge in [-0.25, -0.2) is 4.98 Å². The molecule has 2 aromatic carbocycles. The fourth-order valence-electron chi connectivity index (χ4n) is 4.66. The summed E-state index contributed by atoms with van der Waals surface area (Å²) in [5.74, 6) is 2.07. The van der Waals surface area contributed by atoms with E-state index in [0.717, 1.165) is 29.7 Å². The highest BCUT2D eigenvalue weighted by Crippen LogP contribution is 2.45. The molecule has 3 aliphatic rings. The number of thioether (sulfide) groups is 1. The molecule has 7 nitrogen and oxygen atoms in total. The van der Waals surface area contributed by atoms with Crippen LogP contribution in [0.4, 0.5) is 5.82 Å². The van der Waals surface area contributed by atoms with Gasteiger partial charge in [-0.3, -0.25) is 9.59 Å². The zero-order chi connectivity index (χ0) is 22.4. The van der Waals surface area contributed by atoms with Crippen LogP contribution in [0.1, 0.15) is 41.9 Å². The monoisotopic (exact) mass is 459 g/mol. The molecule has 33 heavy (non-hydrogen) atoms. The van der Waals surface area contributed by atoms with Gasteiger partial charge in [0.15, 0.2) is 22.4 Å². The normalized spacial score (nSPS) is 18.5. The molecule has 3 aromatic rings. The Morgan fingerprint density at radius 2 is 1.88 bits per heavy atom. The van der Waals surface area contributed by atoms with Crippen molar-refractivity contribution in [1.82, 2.24) is 9.97 Å². The molecule has 166 valence electrons. The summed E-state index contributed by atoms with van der Waals surface area (Å²) in [7, 11) is 0. The van der Waals surface area contributed by atoms with Crippen molar-refractivity contribution >= 4 is 23.4 Å². The number of aromatic amines is 1. The van der Waals surface area contributed by atoms with Crippen molar-refractivity contribution in [1.29, 1.82) is 0 Å². The summed E-state index contributed by atoms with van der Waals surface area (Å²) in [6.45, 7) is 0.165. The fraction of sp³-hybridized carbons (Fsp3) is 0.240. The number of hydrogen-bond donors (Lipinski definition) is 2. The van der Waals surface area contributed by atoms with E-state index in [0.29, 0.717) is 45.8 Å². The van der Waals surface area contributed by atoms with Crippen molar-refractivity contribution in [3.63, 3.8) is 0 Å². The van der Waals surface area contributed by atoms with Gasteiger partial charge < -0.3 is 19.8 Å². The van der Waals surface area contributed by atoms with Crippen LogP contribution >= 0.6 is 11.8 Å². The van der Waals surface area contributed by atoms with Crippen LogP contribution in [0, 0.1) is 0 Å². The number of carbonyl (C=O) groups is 1. The van der Waals surface area contributed by atoms with Gasteiger partial charge in [0.2, 0.25) is 6.79 Å². The lowest BCUT2D eigenvalue weighted by atomic mass is 9.76. The number of ether oxygens (including phenoxy) is 2. The number of aromatic nitrogens is 2. The lowest BCUT2D eigenvalue weighted by Gasteiger charge is -2.32. The number of benzene rings is 2. The van der Waals surface area contributed by atoms with Crippen molar-refractivity contribution < 1.29 is 14.3 Å². The van der Waals surface area contributed by atoms with E-state index >= 15 is 0 Å². The summed E-state index contributed by atoms with van der Waals surface area (Å²) in [6.07, 6.45) is 2.02. The van der Waals surface area contributed by atoms with E-state index in [4.69, 9.17) is 14.5 Å². The first-order chi connectivity index (χ1) is 16.2. The second-order valence-electron chi connectivity index (χ2n) is 8.25. The average molecular weight is 460 g/mol. The summed E-state index contributed by atoms with van der Waals surface area (Å²) in [5.41, 5.74) is 3.71. The molecule has 0 spiro atoms. The number of ketones is 1. The number of nitrogens with zero attached hydrogens (tertiary/aromatic N) is 1. The van der Waals surface area contributed by atoms with E-state index in [1.54, 1.807) is 0 Å². The van der Waals surface area contributed by atoms with Crippen molar-refractivity contribution in [2.45, 2.75) is 36.1 Å². The number of hydrogen-bond acceptors (Lipinski definition) is 7. The van der Waals surface area contributed by atoms with Gasteiger partial charge in [-0.1, -0.05) is 48.2 Å². The molecule has 0 unspecified atom stereocenters. The number of Topliss-reactive ketones (excluding diaryl/α,β-unsaturated/α-hetero) is 1. The first kappa shape index (κ1) is 20.1. The molecule has 0 saturated heterocycles. The quantitative estimate of drug-likeness (QED) is 0.442. The first-order valence-electron chi connectivity index (χ1n) is 10.9. The molecule has 0 amide bonds. The Morgan fingerprint density at radius 1 is 1.03 bits per heavy atom. The Balaban J connectivity index is 1.43. The maximum absolute atomic E-state index is 13.4. The van der Waals surface area contributed by atoms with Gasteiger partial charge >= 0.3 is 0 Å². The molecule has 0 fully saturated rings. The second-order valence-corrected chi connectivity index (χ2v) is 9.21. The zero-order valence-electron chi connectivity index (χ0n) is 17.7. The molecule has 6 rings (SSSR count). The van der Waals surface area contributed by atoms with Crippen molar-refractivity contribution in [3.05, 3.63) is 86.8 Å². The summed E-state index contributed by atoms with van der Waals surface area (Å²) < 4.78 is 11.0. The van der Waals surface area contributed by atoms with Gasteiger partial charge in [-0.05, 0) is 36.1 Å². The molecule has 0 bridgehead atoms. The van der Waals surface area contributed by atoms with Crippen LogP contribution in [0.5, 0.6) is 11.5 Å². The topological polar surface area (TPSA) is 93.3 Å². The number of fused-ring (bicyclic) bond motifs is 2. The summed E-state index contributed by atoms with van der Waals surface area (Å²) in [5, 5.41) is 3.87. The SMILES string of the molecule is O=C1CCCC2=C1[C@@H](c1ccc3c(c1)OCO3)c1c(nc(SCc3ccccc3)[nH]c1=O)N2. The van der Waals surface area contributed by atoms with Gasteiger partial charge in [0.1, 0.15) is 5.82 Å². The number of carbonyl (C=O) groups excluding carboxylic acids is 1. The van der Waals surface area contributed by atoms with Crippen LogP contribution in [-0.4, -0.2) is 22.5 Å². The number of H-pyrrole nitrogens is 1. The lowest BCUT2D eigenvalue weighted by Crippen LogP contribution is -2.32. The van der Waals surface area contributed by atoms with E-state index in [1.807, 2.05) is 48.5 Å². The highest BCUT2D eigenvalue weighted by Gasteiger charge is 2.38. The fourth-order valence-corrected chi connectivity index (χ4v) is 5.48. The Morgan fingerprint density at radius 3 is 2.76 bits per heavy atom. The van der Waals surface area contributed by atoms with Gasteiger partial charge in [-0.15, -0.1) is 0 Å². The molecule has 0 radical (unpaired) electrons. The third kappa shape index (κ3) is 3.60. The number of nitrogens with one attached hydrogen (secondary N) is 2. The number of allylic oxidation sites excluding steroid dienone is 2. The molecule has 0 saturated carbocycles. The summed E-state index contributed by atoms with van der Waals surface area (Å²) in [6, 6.07) is 15.6. The molecule has 3 heterocycles. The zero-order valence-corrected chi connectivity index (χ0v) is 18.5. The van der Waals surface area contributed by atoms with E-state index in [-0.39, 0.29) is 18.1 Å². The maximum atomic E-state index is 13.4. The standard InChI is InChI=1S/C25H21N3O4S/c29-17-8-4-7-16-21(17)20(15-9-10-18-19(11-15)32-13-31-18)22-23(26-16)27-25(28-24(22)30)33-12-14-5-2-1-3-6-14/h1-3,5-6,9-11,20H,4,7-8,12-13H2,(H2,26,27,28,30)/t20-/m1/s1. The van der Waals surface area contributed by atoms with Crippen molar-refractivity contribution in [3.8, 4) is 11.5 Å². The second kappa shape index (κ2) is 8.12. The summed E-state index contributed by atoms with van der Waals surface area (Å²) in [4.78, 5) is 34.0. The molecular weight excluding hydrogens is 438 g/mol. The Labute approximate surface area is 194 Å². The van der Waals surface area contributed by atoms with E-state index < -0.39 is 5.92 Å². The minimum Gasteiger partial charge on any atom is -0.454 e. The maximum Gasteiger partial charge on any atom is 0.257 e. The lowest BCUT2D eigenvalue weighted by molar-refractivity contribution is -0.116. The molecule has 1 aromatic heterocycles. The van der Waals surface area contributed by atoms with Crippen LogP contribution in [0.2, 0.25) is 0 Å². The van der Waals surface area contributed by atoms with E-state index in [2.05, 4.69) is 10.3 Å². The van der Waals surface area contributed by atoms with Gasteiger partial charge in [0.25, 0.3) is 5.56 Å². The molecule has 1 atom stereocenters. The first-order valence-corrected chi connectivity index (χ1v) is 11.9. The van der Waals surface area contributed by atoms with Crippen LogP contribution in [0.15, 0.2) is 69.8 Å².